The van der Waals surface area contributed by atoms with Crippen molar-refractivity contribution >= 4 is 5.97 Å². The maximum atomic E-state index is 10.6. The minimum Gasteiger partial charge on any atom is -0.494 e. The van der Waals surface area contributed by atoms with E-state index in [1.807, 2.05) is 31.2 Å². The third kappa shape index (κ3) is 3.59. The monoisotopic (exact) mass is 209 g/mol. The number of hydrogen-bond donors (Lipinski definition) is 2. The van der Waals surface area contributed by atoms with Gasteiger partial charge in [-0.15, -0.1) is 0 Å². The first-order valence-electron chi connectivity index (χ1n) is 4.83. The lowest BCUT2D eigenvalue weighted by Gasteiger charge is -2.08. The number of aliphatic carboxylic acids is 1. The molecule has 0 radical (unpaired) electrons. The van der Waals surface area contributed by atoms with Crippen molar-refractivity contribution in [1.82, 2.24) is 0 Å². The number of carbonyl (C=O) groups is 1. The summed E-state index contributed by atoms with van der Waals surface area (Å²) in [5, 5.41) is 8.66. The van der Waals surface area contributed by atoms with Gasteiger partial charge in [0, 0.05) is 0 Å². The summed E-state index contributed by atoms with van der Waals surface area (Å²) in [5.74, 6) is -0.246. The molecule has 0 heterocycles. The van der Waals surface area contributed by atoms with Crippen LogP contribution in [0.5, 0.6) is 5.75 Å². The molecule has 0 spiro atoms. The number of rotatable bonds is 5. The molecule has 0 unspecified atom stereocenters. The zero-order chi connectivity index (χ0) is 11.3. The van der Waals surface area contributed by atoms with Gasteiger partial charge in [0.1, 0.15) is 11.8 Å². The van der Waals surface area contributed by atoms with Crippen LogP contribution in [0.15, 0.2) is 24.3 Å². The SMILES string of the molecule is CCOc1cccc(C[C@@H](N)C(=O)O)c1. The fraction of sp³-hybridized carbons (Fsp3) is 0.364. The maximum absolute atomic E-state index is 10.6. The highest BCUT2D eigenvalue weighted by Gasteiger charge is 2.12. The van der Waals surface area contributed by atoms with Crippen molar-refractivity contribution in [3.8, 4) is 5.75 Å². The second-order valence-electron chi connectivity index (χ2n) is 3.23. The lowest BCUT2D eigenvalue weighted by molar-refractivity contribution is -0.138. The van der Waals surface area contributed by atoms with Gasteiger partial charge in [-0.3, -0.25) is 4.79 Å². The van der Waals surface area contributed by atoms with Gasteiger partial charge in [-0.2, -0.15) is 0 Å². The van der Waals surface area contributed by atoms with E-state index < -0.39 is 12.0 Å². The fourth-order valence-electron chi connectivity index (χ4n) is 1.27. The van der Waals surface area contributed by atoms with E-state index in [0.717, 1.165) is 11.3 Å². The Kier molecular flexibility index (Phi) is 4.12. The topological polar surface area (TPSA) is 72.5 Å². The molecule has 82 valence electrons. The molecule has 0 saturated heterocycles. The Morgan fingerprint density at radius 1 is 1.60 bits per heavy atom. The Morgan fingerprint density at radius 3 is 2.93 bits per heavy atom. The highest BCUT2D eigenvalue weighted by atomic mass is 16.5. The van der Waals surface area contributed by atoms with Crippen LogP contribution in [0.3, 0.4) is 0 Å². The van der Waals surface area contributed by atoms with Crippen LogP contribution in [0, 0.1) is 0 Å². The second-order valence-corrected chi connectivity index (χ2v) is 3.23. The van der Waals surface area contributed by atoms with Gasteiger partial charge in [-0.25, -0.2) is 0 Å². The highest BCUT2D eigenvalue weighted by molar-refractivity contribution is 5.73. The van der Waals surface area contributed by atoms with Crippen LogP contribution in [0.1, 0.15) is 12.5 Å². The summed E-state index contributed by atoms with van der Waals surface area (Å²) in [5.41, 5.74) is 6.30. The molecule has 0 fully saturated rings. The molecule has 0 aliphatic heterocycles. The summed E-state index contributed by atoms with van der Waals surface area (Å²) in [6.45, 7) is 2.49. The van der Waals surface area contributed by atoms with Crippen LogP contribution in [-0.2, 0) is 11.2 Å². The quantitative estimate of drug-likeness (QED) is 0.760. The van der Waals surface area contributed by atoms with Crippen molar-refractivity contribution < 1.29 is 14.6 Å². The number of carboxylic acids is 1. The molecule has 0 saturated carbocycles. The van der Waals surface area contributed by atoms with Gasteiger partial charge in [-0.05, 0) is 31.0 Å². The Bertz CT molecular complexity index is 338. The van der Waals surface area contributed by atoms with E-state index in [-0.39, 0.29) is 0 Å². The van der Waals surface area contributed by atoms with Crippen molar-refractivity contribution in [2.75, 3.05) is 6.61 Å². The number of nitrogens with two attached hydrogens (primary N) is 1. The summed E-state index contributed by atoms with van der Waals surface area (Å²) < 4.78 is 5.30. The number of hydrogen-bond acceptors (Lipinski definition) is 3. The van der Waals surface area contributed by atoms with Crippen molar-refractivity contribution in [2.45, 2.75) is 19.4 Å². The van der Waals surface area contributed by atoms with Gasteiger partial charge in [0.15, 0.2) is 0 Å². The Balaban J connectivity index is 2.68. The van der Waals surface area contributed by atoms with Crippen molar-refractivity contribution in [2.24, 2.45) is 5.73 Å². The van der Waals surface area contributed by atoms with Crippen LogP contribution in [0.25, 0.3) is 0 Å². The molecule has 0 aromatic heterocycles. The lowest BCUT2D eigenvalue weighted by Crippen LogP contribution is -2.32. The molecule has 15 heavy (non-hydrogen) atoms. The number of ether oxygens (including phenoxy) is 1. The van der Waals surface area contributed by atoms with Crippen LogP contribution < -0.4 is 10.5 Å². The largest absolute Gasteiger partial charge is 0.494 e. The van der Waals surface area contributed by atoms with Crippen molar-refractivity contribution in [1.29, 1.82) is 0 Å². The van der Waals surface area contributed by atoms with Crippen LogP contribution in [-0.4, -0.2) is 23.7 Å². The average molecular weight is 209 g/mol. The van der Waals surface area contributed by atoms with E-state index in [0.29, 0.717) is 13.0 Å². The predicted molar refractivity (Wildman–Crippen MR) is 56.9 cm³/mol. The smallest absolute Gasteiger partial charge is 0.320 e. The second kappa shape index (κ2) is 5.36. The minimum absolute atomic E-state index is 0.316. The Hall–Kier alpha value is -1.55. The number of carboxylic acid groups (broad SMARTS) is 1. The van der Waals surface area contributed by atoms with Gasteiger partial charge in [0.05, 0.1) is 6.61 Å². The molecule has 4 nitrogen and oxygen atoms in total. The minimum atomic E-state index is -0.989. The predicted octanol–water partition coefficient (Wildman–Crippen LogP) is 1.04. The molecular weight excluding hydrogens is 194 g/mol. The standard InChI is InChI=1S/C11H15NO3/c1-2-15-9-5-3-4-8(6-9)7-10(12)11(13)14/h3-6,10H,2,7,12H2,1H3,(H,13,14)/t10-/m1/s1. The van der Waals surface area contributed by atoms with Gasteiger partial charge >= 0.3 is 5.97 Å². The average Bonchev–Trinajstić information content (AvgIpc) is 2.18. The first kappa shape index (κ1) is 11.5. The van der Waals surface area contributed by atoms with Crippen molar-refractivity contribution in [3.05, 3.63) is 29.8 Å². The maximum Gasteiger partial charge on any atom is 0.320 e. The Morgan fingerprint density at radius 2 is 2.33 bits per heavy atom. The van der Waals surface area contributed by atoms with Gasteiger partial charge in [0.2, 0.25) is 0 Å². The lowest BCUT2D eigenvalue weighted by atomic mass is 10.1. The molecule has 0 amide bonds. The molecule has 0 aliphatic carbocycles. The van der Waals surface area contributed by atoms with Gasteiger partial charge in [-0.1, -0.05) is 12.1 Å². The zero-order valence-electron chi connectivity index (χ0n) is 8.64. The third-order valence-electron chi connectivity index (χ3n) is 1.98. The van der Waals surface area contributed by atoms with E-state index in [2.05, 4.69) is 0 Å². The van der Waals surface area contributed by atoms with Crippen LogP contribution in [0.2, 0.25) is 0 Å². The highest BCUT2D eigenvalue weighted by Crippen LogP contribution is 2.14. The summed E-state index contributed by atoms with van der Waals surface area (Å²) in [6.07, 6.45) is 0.316. The van der Waals surface area contributed by atoms with Gasteiger partial charge in [0.25, 0.3) is 0 Å². The fourth-order valence-corrected chi connectivity index (χ4v) is 1.27. The van der Waals surface area contributed by atoms with Crippen LogP contribution in [0.4, 0.5) is 0 Å². The van der Waals surface area contributed by atoms with E-state index in [9.17, 15) is 4.79 Å². The first-order chi connectivity index (χ1) is 7.13. The Labute approximate surface area is 88.7 Å². The zero-order valence-corrected chi connectivity index (χ0v) is 8.64. The molecule has 1 aromatic carbocycles. The summed E-state index contributed by atoms with van der Waals surface area (Å²) in [6, 6.07) is 6.45. The molecular formula is C11H15NO3. The van der Waals surface area contributed by atoms with E-state index in [1.54, 1.807) is 0 Å². The summed E-state index contributed by atoms with van der Waals surface area (Å²) in [4.78, 5) is 10.6. The van der Waals surface area contributed by atoms with E-state index >= 15 is 0 Å². The first-order valence-corrected chi connectivity index (χ1v) is 4.83. The molecule has 4 heteroatoms. The molecule has 1 aromatic rings. The molecule has 0 aliphatic rings. The van der Waals surface area contributed by atoms with Crippen LogP contribution >= 0.6 is 0 Å². The molecule has 1 rings (SSSR count). The normalized spacial score (nSPS) is 12.1. The van der Waals surface area contributed by atoms with Crippen molar-refractivity contribution in [3.63, 3.8) is 0 Å². The van der Waals surface area contributed by atoms with Gasteiger partial charge < -0.3 is 15.6 Å². The van der Waals surface area contributed by atoms with E-state index in [4.69, 9.17) is 15.6 Å². The summed E-state index contributed by atoms with van der Waals surface area (Å²) >= 11 is 0. The molecule has 3 N–H and O–H groups in total. The van der Waals surface area contributed by atoms with E-state index in [1.165, 1.54) is 0 Å². The third-order valence-corrected chi connectivity index (χ3v) is 1.98. The molecule has 1 atom stereocenters. The number of benzene rings is 1. The summed E-state index contributed by atoms with van der Waals surface area (Å²) in [7, 11) is 0. The molecule has 0 bridgehead atoms.